The topological polar surface area (TPSA) is 66.4 Å². The van der Waals surface area contributed by atoms with Crippen LogP contribution in [0.4, 0.5) is 0 Å². The predicted molar refractivity (Wildman–Crippen MR) is 62.6 cm³/mol. The average molecular weight is 233 g/mol. The first-order valence-corrected chi connectivity index (χ1v) is 5.77. The molecule has 0 bridgehead atoms. The Hall–Kier alpha value is -1.84. The van der Waals surface area contributed by atoms with E-state index in [0.717, 1.165) is 24.8 Å². The number of carbonyl (C=O) groups is 2. The number of rotatable bonds is 4. The number of benzene rings is 1. The summed E-state index contributed by atoms with van der Waals surface area (Å²) in [6.45, 7) is 0.399. The molecule has 90 valence electrons. The largest absolute Gasteiger partial charge is 0.478 e. The summed E-state index contributed by atoms with van der Waals surface area (Å²) in [6, 6.07) is 6.63. The lowest BCUT2D eigenvalue weighted by atomic mass is 9.85. The van der Waals surface area contributed by atoms with Crippen LogP contribution in [0.15, 0.2) is 24.3 Å². The number of hydrogen-bond acceptors (Lipinski definition) is 2. The summed E-state index contributed by atoms with van der Waals surface area (Å²) >= 11 is 0. The minimum absolute atomic E-state index is 0.0805. The maximum Gasteiger partial charge on any atom is 0.335 e. The quantitative estimate of drug-likeness (QED) is 0.833. The van der Waals surface area contributed by atoms with Crippen LogP contribution in [0, 0.1) is 5.92 Å². The molecule has 1 saturated carbocycles. The van der Waals surface area contributed by atoms with Crippen molar-refractivity contribution in [2.75, 3.05) is 0 Å². The number of carboxylic acids is 1. The van der Waals surface area contributed by atoms with E-state index in [1.54, 1.807) is 18.2 Å². The summed E-state index contributed by atoms with van der Waals surface area (Å²) in [5.41, 5.74) is 1.07. The molecule has 0 unspecified atom stereocenters. The van der Waals surface area contributed by atoms with Gasteiger partial charge >= 0.3 is 5.97 Å². The number of aromatic carboxylic acids is 1. The Kier molecular flexibility index (Phi) is 3.42. The predicted octanol–water partition coefficient (Wildman–Crippen LogP) is 1.80. The van der Waals surface area contributed by atoms with Crippen molar-refractivity contribution in [2.45, 2.75) is 25.8 Å². The Balaban J connectivity index is 1.91. The van der Waals surface area contributed by atoms with Crippen LogP contribution in [0.2, 0.25) is 0 Å². The van der Waals surface area contributed by atoms with E-state index in [2.05, 4.69) is 5.32 Å². The van der Waals surface area contributed by atoms with Crippen LogP contribution in [-0.2, 0) is 11.3 Å². The maximum atomic E-state index is 11.6. The lowest BCUT2D eigenvalue weighted by molar-refractivity contribution is -0.127. The first-order chi connectivity index (χ1) is 8.16. The van der Waals surface area contributed by atoms with Gasteiger partial charge in [0.1, 0.15) is 0 Å². The van der Waals surface area contributed by atoms with E-state index < -0.39 is 5.97 Å². The molecule has 0 spiro atoms. The second-order valence-corrected chi connectivity index (χ2v) is 4.35. The molecule has 0 radical (unpaired) electrons. The van der Waals surface area contributed by atoms with E-state index in [9.17, 15) is 9.59 Å². The molecule has 0 aliphatic heterocycles. The fourth-order valence-electron chi connectivity index (χ4n) is 1.82. The van der Waals surface area contributed by atoms with Crippen LogP contribution in [-0.4, -0.2) is 17.0 Å². The molecule has 17 heavy (non-hydrogen) atoms. The third-order valence-corrected chi connectivity index (χ3v) is 3.12. The summed E-state index contributed by atoms with van der Waals surface area (Å²) in [6.07, 6.45) is 3.08. The van der Waals surface area contributed by atoms with Gasteiger partial charge in [0, 0.05) is 12.5 Å². The molecule has 2 N–H and O–H groups in total. The normalized spacial score (nSPS) is 15.1. The van der Waals surface area contributed by atoms with E-state index in [1.807, 2.05) is 6.07 Å². The highest BCUT2D eigenvalue weighted by Gasteiger charge is 2.24. The van der Waals surface area contributed by atoms with Crippen LogP contribution >= 0.6 is 0 Å². The van der Waals surface area contributed by atoms with Crippen molar-refractivity contribution in [3.8, 4) is 0 Å². The molecule has 1 aromatic carbocycles. The number of hydrogen-bond donors (Lipinski definition) is 2. The highest BCUT2D eigenvalue weighted by Crippen LogP contribution is 2.26. The second-order valence-electron chi connectivity index (χ2n) is 4.35. The first-order valence-electron chi connectivity index (χ1n) is 5.77. The summed E-state index contributed by atoms with van der Waals surface area (Å²) in [5.74, 6) is -0.702. The molecule has 1 amide bonds. The average Bonchev–Trinajstić information content (AvgIpc) is 2.24. The summed E-state index contributed by atoms with van der Waals surface area (Å²) in [4.78, 5) is 22.4. The van der Waals surface area contributed by atoms with E-state index in [1.165, 1.54) is 0 Å². The van der Waals surface area contributed by atoms with Gasteiger partial charge in [-0.3, -0.25) is 4.79 Å². The maximum absolute atomic E-state index is 11.6. The molecule has 1 aliphatic rings. The van der Waals surface area contributed by atoms with E-state index in [-0.39, 0.29) is 17.4 Å². The van der Waals surface area contributed by atoms with Crippen LogP contribution < -0.4 is 5.32 Å². The monoisotopic (exact) mass is 233 g/mol. The van der Waals surface area contributed by atoms with Gasteiger partial charge in [0.25, 0.3) is 0 Å². The molecule has 0 saturated heterocycles. The van der Waals surface area contributed by atoms with Gasteiger partial charge in [-0.2, -0.15) is 0 Å². The highest BCUT2D eigenvalue weighted by atomic mass is 16.4. The van der Waals surface area contributed by atoms with Crippen LogP contribution in [0.3, 0.4) is 0 Å². The van der Waals surface area contributed by atoms with Crippen molar-refractivity contribution >= 4 is 11.9 Å². The van der Waals surface area contributed by atoms with Gasteiger partial charge < -0.3 is 10.4 Å². The zero-order chi connectivity index (χ0) is 12.3. The van der Waals surface area contributed by atoms with Gasteiger partial charge in [-0.15, -0.1) is 0 Å². The smallest absolute Gasteiger partial charge is 0.335 e. The molecule has 0 heterocycles. The Bertz CT molecular complexity index is 438. The standard InChI is InChI=1S/C13H15NO3/c15-12(10-4-2-5-10)14-8-9-3-1-6-11(7-9)13(16)17/h1,3,6-7,10H,2,4-5,8H2,(H,14,15)(H,16,17). The lowest BCUT2D eigenvalue weighted by Crippen LogP contribution is -2.33. The number of nitrogens with one attached hydrogen (secondary N) is 1. The number of carboxylic acid groups (broad SMARTS) is 1. The minimum atomic E-state index is -0.947. The van der Waals surface area contributed by atoms with Crippen LogP contribution in [0.1, 0.15) is 35.2 Å². The SMILES string of the molecule is O=C(O)c1cccc(CNC(=O)C2CCC2)c1. The molecule has 0 aromatic heterocycles. The van der Waals surface area contributed by atoms with Gasteiger partial charge in [0.15, 0.2) is 0 Å². The zero-order valence-electron chi connectivity index (χ0n) is 9.48. The minimum Gasteiger partial charge on any atom is -0.478 e. The van der Waals surface area contributed by atoms with Crippen molar-refractivity contribution in [3.63, 3.8) is 0 Å². The molecule has 1 aromatic rings. The van der Waals surface area contributed by atoms with Gasteiger partial charge in [-0.1, -0.05) is 18.6 Å². The molecule has 4 heteroatoms. The van der Waals surface area contributed by atoms with Crippen molar-refractivity contribution in [1.82, 2.24) is 5.32 Å². The van der Waals surface area contributed by atoms with Gasteiger partial charge in [0.05, 0.1) is 5.56 Å². The summed E-state index contributed by atoms with van der Waals surface area (Å²) in [7, 11) is 0. The fraction of sp³-hybridized carbons (Fsp3) is 0.385. The number of amides is 1. The van der Waals surface area contributed by atoms with Crippen molar-refractivity contribution in [2.24, 2.45) is 5.92 Å². The molecule has 1 fully saturated rings. The van der Waals surface area contributed by atoms with Gasteiger partial charge in [-0.25, -0.2) is 4.79 Å². The van der Waals surface area contributed by atoms with Gasteiger partial charge in [-0.05, 0) is 30.5 Å². The molecular formula is C13H15NO3. The van der Waals surface area contributed by atoms with E-state index in [0.29, 0.717) is 6.54 Å². The Morgan fingerprint density at radius 2 is 2.12 bits per heavy atom. The Labute approximate surface area is 99.6 Å². The lowest BCUT2D eigenvalue weighted by Gasteiger charge is -2.24. The molecule has 0 atom stereocenters. The van der Waals surface area contributed by atoms with E-state index >= 15 is 0 Å². The molecular weight excluding hydrogens is 218 g/mol. The second kappa shape index (κ2) is 4.99. The molecule has 2 rings (SSSR count). The third-order valence-electron chi connectivity index (χ3n) is 3.12. The Morgan fingerprint density at radius 3 is 2.71 bits per heavy atom. The Morgan fingerprint density at radius 1 is 1.35 bits per heavy atom. The van der Waals surface area contributed by atoms with E-state index in [4.69, 9.17) is 5.11 Å². The fourth-order valence-corrected chi connectivity index (χ4v) is 1.82. The number of carbonyl (C=O) groups excluding carboxylic acids is 1. The highest BCUT2D eigenvalue weighted by molar-refractivity contribution is 5.87. The summed E-state index contributed by atoms with van der Waals surface area (Å²) < 4.78 is 0. The zero-order valence-corrected chi connectivity index (χ0v) is 9.48. The van der Waals surface area contributed by atoms with Crippen molar-refractivity contribution < 1.29 is 14.7 Å². The molecule has 4 nitrogen and oxygen atoms in total. The van der Waals surface area contributed by atoms with Crippen LogP contribution in [0.25, 0.3) is 0 Å². The first kappa shape index (κ1) is 11.6. The van der Waals surface area contributed by atoms with Crippen LogP contribution in [0.5, 0.6) is 0 Å². The molecule has 1 aliphatic carbocycles. The van der Waals surface area contributed by atoms with Gasteiger partial charge in [0.2, 0.25) is 5.91 Å². The third kappa shape index (κ3) is 2.84. The van der Waals surface area contributed by atoms with Crippen molar-refractivity contribution in [3.05, 3.63) is 35.4 Å². The van der Waals surface area contributed by atoms with Crippen molar-refractivity contribution in [1.29, 1.82) is 0 Å². The summed E-state index contributed by atoms with van der Waals surface area (Å²) in [5, 5.41) is 11.7.